The van der Waals surface area contributed by atoms with Gasteiger partial charge in [0.25, 0.3) is 0 Å². The number of benzene rings is 2. The Labute approximate surface area is 170 Å². The molecule has 0 radical (unpaired) electrons. The Morgan fingerprint density at radius 3 is 2.60 bits per heavy atom. The second-order valence-corrected chi connectivity index (χ2v) is 6.41. The number of carbonyl (C=O) groups is 2. The summed E-state index contributed by atoms with van der Waals surface area (Å²) in [5.74, 6) is -0.437. The van der Waals surface area contributed by atoms with Gasteiger partial charge in [-0.25, -0.2) is 4.79 Å². The van der Waals surface area contributed by atoms with Crippen LogP contribution in [-0.4, -0.2) is 51.3 Å². The second kappa shape index (κ2) is 7.66. The molecule has 0 saturated carbocycles. The Kier molecular flexibility index (Phi) is 4.88. The Morgan fingerprint density at radius 1 is 1.13 bits per heavy atom. The summed E-state index contributed by atoms with van der Waals surface area (Å²) in [5.41, 5.74) is 0.939. The average Bonchev–Trinajstić information content (AvgIpc) is 3.26. The lowest BCUT2D eigenvalue weighted by Crippen LogP contribution is -2.32. The van der Waals surface area contributed by atoms with E-state index in [-0.39, 0.29) is 23.0 Å². The number of rotatable bonds is 5. The van der Waals surface area contributed by atoms with Crippen molar-refractivity contribution in [1.82, 2.24) is 20.2 Å². The van der Waals surface area contributed by atoms with Gasteiger partial charge in [-0.2, -0.15) is 4.68 Å². The molecule has 0 spiro atoms. The van der Waals surface area contributed by atoms with Crippen molar-refractivity contribution in [3.8, 4) is 11.5 Å². The van der Waals surface area contributed by atoms with Crippen LogP contribution in [0.15, 0.2) is 59.8 Å². The van der Waals surface area contributed by atoms with Crippen LogP contribution in [0.5, 0.6) is 11.5 Å². The Balaban J connectivity index is 1.94. The number of nitrogens with zero attached hydrogens (tertiary/aromatic N) is 4. The van der Waals surface area contributed by atoms with Crippen LogP contribution >= 0.6 is 0 Å². The standard InChI is InChI=1S/C20H17N5O5/c1-29-14-5-3-4-12(10-14)18(27)15-16(19(28)30-2)21-20-22-23-24-25(20)17(15)11-6-8-13(26)9-7-11/h3-10,17,26H,1-2H3,(H,21,22,24)/t17-/m0/s1. The summed E-state index contributed by atoms with van der Waals surface area (Å²) in [5, 5.41) is 24.0. The highest BCUT2D eigenvalue weighted by Gasteiger charge is 2.38. The summed E-state index contributed by atoms with van der Waals surface area (Å²) >= 11 is 0. The first-order valence-corrected chi connectivity index (χ1v) is 8.88. The smallest absolute Gasteiger partial charge is 0.355 e. The minimum atomic E-state index is -0.829. The molecule has 152 valence electrons. The van der Waals surface area contributed by atoms with Gasteiger partial charge in [-0.3, -0.25) is 4.79 Å². The molecular weight excluding hydrogens is 390 g/mol. The number of fused-ring (bicyclic) bond motifs is 1. The zero-order valence-corrected chi connectivity index (χ0v) is 16.1. The van der Waals surface area contributed by atoms with Crippen LogP contribution in [0.1, 0.15) is 22.0 Å². The molecule has 0 fully saturated rings. The molecule has 10 heteroatoms. The lowest BCUT2D eigenvalue weighted by molar-refractivity contribution is -0.136. The fourth-order valence-electron chi connectivity index (χ4n) is 3.27. The van der Waals surface area contributed by atoms with Gasteiger partial charge in [-0.05, 0) is 40.3 Å². The summed E-state index contributed by atoms with van der Waals surface area (Å²) in [4.78, 5) is 26.1. The molecule has 30 heavy (non-hydrogen) atoms. The molecule has 2 aromatic carbocycles. The number of anilines is 1. The molecular formula is C20H17N5O5. The fourth-order valence-corrected chi connectivity index (χ4v) is 3.27. The molecule has 1 aromatic heterocycles. The van der Waals surface area contributed by atoms with Gasteiger partial charge in [-0.15, -0.1) is 0 Å². The van der Waals surface area contributed by atoms with E-state index >= 15 is 0 Å². The molecule has 3 aromatic rings. The summed E-state index contributed by atoms with van der Waals surface area (Å²) in [6.45, 7) is 0. The SMILES string of the molecule is COC(=O)C1=C(C(=O)c2cccc(OC)c2)[C@H](c2ccc(O)cc2)n2nnnc2N1. The molecule has 2 N–H and O–H groups in total. The zero-order chi connectivity index (χ0) is 21.3. The van der Waals surface area contributed by atoms with E-state index in [1.165, 1.54) is 31.0 Å². The van der Waals surface area contributed by atoms with E-state index in [1.807, 2.05) is 0 Å². The number of phenolic OH excluding ortho intramolecular Hbond substituents is 1. The van der Waals surface area contributed by atoms with Crippen molar-refractivity contribution in [3.63, 3.8) is 0 Å². The highest BCUT2D eigenvalue weighted by Crippen LogP contribution is 2.37. The van der Waals surface area contributed by atoms with E-state index in [9.17, 15) is 14.7 Å². The molecule has 2 heterocycles. The van der Waals surface area contributed by atoms with Gasteiger partial charge in [0.15, 0.2) is 5.78 Å². The Hall–Kier alpha value is -4.21. The van der Waals surface area contributed by atoms with Crippen molar-refractivity contribution < 1.29 is 24.2 Å². The number of tetrazole rings is 1. The number of phenols is 1. The maximum Gasteiger partial charge on any atom is 0.355 e. The van der Waals surface area contributed by atoms with Crippen LogP contribution in [0.4, 0.5) is 5.95 Å². The largest absolute Gasteiger partial charge is 0.508 e. The first kappa shape index (κ1) is 19.1. The van der Waals surface area contributed by atoms with Gasteiger partial charge < -0.3 is 19.9 Å². The third-order valence-electron chi connectivity index (χ3n) is 4.69. The minimum absolute atomic E-state index is 0.0578. The molecule has 0 saturated heterocycles. The quantitative estimate of drug-likeness (QED) is 0.480. The molecule has 10 nitrogen and oxygen atoms in total. The third kappa shape index (κ3) is 3.24. The average molecular weight is 407 g/mol. The molecule has 0 amide bonds. The number of aromatic hydroxyl groups is 1. The maximum atomic E-state index is 13.6. The molecule has 0 bridgehead atoms. The van der Waals surface area contributed by atoms with Crippen molar-refractivity contribution in [1.29, 1.82) is 0 Å². The van der Waals surface area contributed by atoms with E-state index in [0.29, 0.717) is 16.9 Å². The first-order valence-electron chi connectivity index (χ1n) is 8.88. The van der Waals surface area contributed by atoms with Gasteiger partial charge in [-0.1, -0.05) is 29.4 Å². The lowest BCUT2D eigenvalue weighted by atomic mass is 9.89. The van der Waals surface area contributed by atoms with Crippen molar-refractivity contribution >= 4 is 17.7 Å². The van der Waals surface area contributed by atoms with Gasteiger partial charge >= 0.3 is 5.97 Å². The number of ether oxygens (including phenoxy) is 2. The third-order valence-corrected chi connectivity index (χ3v) is 4.69. The van der Waals surface area contributed by atoms with E-state index in [1.54, 1.807) is 36.4 Å². The van der Waals surface area contributed by atoms with Gasteiger partial charge in [0.2, 0.25) is 5.95 Å². The van der Waals surface area contributed by atoms with Crippen LogP contribution in [0.2, 0.25) is 0 Å². The number of aromatic nitrogens is 4. The van der Waals surface area contributed by atoms with Gasteiger partial charge in [0.05, 0.1) is 19.8 Å². The predicted octanol–water partition coefficient (Wildman–Crippen LogP) is 1.71. The fraction of sp³-hybridized carbons (Fsp3) is 0.150. The van der Waals surface area contributed by atoms with E-state index < -0.39 is 17.8 Å². The molecule has 0 aliphatic carbocycles. The van der Waals surface area contributed by atoms with Crippen LogP contribution in [0.3, 0.4) is 0 Å². The van der Waals surface area contributed by atoms with Crippen LogP contribution in [-0.2, 0) is 9.53 Å². The Bertz CT molecular complexity index is 1150. The van der Waals surface area contributed by atoms with E-state index in [4.69, 9.17) is 9.47 Å². The van der Waals surface area contributed by atoms with Crippen molar-refractivity contribution in [2.24, 2.45) is 0 Å². The zero-order valence-electron chi connectivity index (χ0n) is 16.1. The number of nitrogens with one attached hydrogen (secondary N) is 1. The number of ketones is 1. The summed E-state index contributed by atoms with van der Waals surface area (Å²) in [7, 11) is 2.72. The number of hydrogen-bond donors (Lipinski definition) is 2. The van der Waals surface area contributed by atoms with Gasteiger partial charge in [0.1, 0.15) is 23.2 Å². The summed E-state index contributed by atoms with van der Waals surface area (Å²) in [6, 6.07) is 12.0. The molecule has 0 unspecified atom stereocenters. The topological polar surface area (TPSA) is 128 Å². The van der Waals surface area contributed by atoms with Crippen LogP contribution < -0.4 is 10.1 Å². The number of methoxy groups -OCH3 is 2. The number of carbonyl (C=O) groups excluding carboxylic acids is 2. The number of Topliss-reactive ketones (excluding diaryl/α,β-unsaturated/α-hetero) is 1. The van der Waals surface area contributed by atoms with Crippen molar-refractivity contribution in [3.05, 3.63) is 70.9 Å². The lowest BCUT2D eigenvalue weighted by Gasteiger charge is -2.28. The second-order valence-electron chi connectivity index (χ2n) is 6.41. The highest BCUT2D eigenvalue weighted by atomic mass is 16.5. The van der Waals surface area contributed by atoms with E-state index in [2.05, 4.69) is 20.8 Å². The highest BCUT2D eigenvalue weighted by molar-refractivity contribution is 6.15. The molecule has 1 aliphatic heterocycles. The minimum Gasteiger partial charge on any atom is -0.508 e. The first-order chi connectivity index (χ1) is 14.5. The van der Waals surface area contributed by atoms with Crippen molar-refractivity contribution in [2.75, 3.05) is 19.5 Å². The number of esters is 1. The number of allylic oxidation sites excluding steroid dienone is 1. The van der Waals surface area contributed by atoms with Gasteiger partial charge in [0, 0.05) is 5.56 Å². The Morgan fingerprint density at radius 2 is 1.90 bits per heavy atom. The van der Waals surface area contributed by atoms with Crippen LogP contribution in [0.25, 0.3) is 0 Å². The monoisotopic (exact) mass is 407 g/mol. The summed E-state index contributed by atoms with van der Waals surface area (Å²) in [6.07, 6.45) is 0. The van der Waals surface area contributed by atoms with E-state index in [0.717, 1.165) is 0 Å². The molecule has 1 aliphatic rings. The van der Waals surface area contributed by atoms with Crippen LogP contribution in [0, 0.1) is 0 Å². The van der Waals surface area contributed by atoms with Crippen molar-refractivity contribution in [2.45, 2.75) is 6.04 Å². The molecule has 4 rings (SSSR count). The number of hydrogen-bond acceptors (Lipinski definition) is 9. The maximum absolute atomic E-state index is 13.6. The summed E-state index contributed by atoms with van der Waals surface area (Å²) < 4.78 is 11.5. The molecule has 1 atom stereocenters. The predicted molar refractivity (Wildman–Crippen MR) is 104 cm³/mol. The normalized spacial score (nSPS) is 15.2.